The van der Waals surface area contributed by atoms with E-state index in [0.717, 1.165) is 60.1 Å². The number of nitrogens with zero attached hydrogens (tertiary/aromatic N) is 6. The highest BCUT2D eigenvalue weighted by Gasteiger charge is 2.28. The summed E-state index contributed by atoms with van der Waals surface area (Å²) in [6, 6.07) is 18.2. The van der Waals surface area contributed by atoms with E-state index in [-0.39, 0.29) is 0 Å². The number of benzene rings is 2. The smallest absolute Gasteiger partial charge is 0.213 e. The van der Waals surface area contributed by atoms with E-state index in [0.29, 0.717) is 11.1 Å². The van der Waals surface area contributed by atoms with E-state index in [2.05, 4.69) is 31.3 Å². The van der Waals surface area contributed by atoms with Crippen LogP contribution in [-0.2, 0) is 6.54 Å². The van der Waals surface area contributed by atoms with Crippen molar-refractivity contribution >= 4 is 34.1 Å². The molecule has 0 spiro atoms. The highest BCUT2D eigenvalue weighted by Crippen LogP contribution is 2.30. The number of furan rings is 1. The van der Waals surface area contributed by atoms with Gasteiger partial charge in [-0.25, -0.2) is 9.38 Å². The summed E-state index contributed by atoms with van der Waals surface area (Å²) in [6.45, 7) is 5.80. The fourth-order valence-corrected chi connectivity index (χ4v) is 4.72. The summed E-state index contributed by atoms with van der Waals surface area (Å²) >= 11 is 6.13. The third-order valence-electron chi connectivity index (χ3n) is 6.34. The Morgan fingerprint density at radius 3 is 2.67 bits per heavy atom. The molecule has 1 fully saturated rings. The molecule has 0 aliphatic carbocycles. The van der Waals surface area contributed by atoms with Gasteiger partial charge in [-0.05, 0) is 49.4 Å². The number of rotatable bonds is 4. The number of aromatic nitrogens is 4. The lowest BCUT2D eigenvalue weighted by molar-refractivity contribution is 0.179. The van der Waals surface area contributed by atoms with E-state index in [1.807, 2.05) is 60.9 Å². The van der Waals surface area contributed by atoms with Crippen LogP contribution in [0.15, 0.2) is 71.5 Å². The molecule has 1 unspecified atom stereocenters. The summed E-state index contributed by atoms with van der Waals surface area (Å²) in [6.07, 6.45) is 3.55. The van der Waals surface area contributed by atoms with Crippen LogP contribution in [-0.4, -0.2) is 50.2 Å². The van der Waals surface area contributed by atoms with Crippen molar-refractivity contribution in [1.29, 1.82) is 0 Å². The molecule has 2 aromatic carbocycles. The molecule has 0 radical (unpaired) electrons. The van der Waals surface area contributed by atoms with Gasteiger partial charge < -0.3 is 9.32 Å². The summed E-state index contributed by atoms with van der Waals surface area (Å²) in [5.74, 6) is 1.64. The van der Waals surface area contributed by atoms with Gasteiger partial charge in [0, 0.05) is 53.8 Å². The molecule has 5 aromatic rings. The quantitative estimate of drug-likeness (QED) is 0.381. The summed E-state index contributed by atoms with van der Waals surface area (Å²) in [5, 5.41) is 10.8. The van der Waals surface area contributed by atoms with Crippen LogP contribution >= 0.6 is 11.6 Å². The number of para-hydroxylation sites is 1. The van der Waals surface area contributed by atoms with E-state index < -0.39 is 0 Å². The van der Waals surface area contributed by atoms with Crippen LogP contribution < -0.4 is 4.90 Å². The molecule has 166 valence electrons. The second-order valence-electron chi connectivity index (χ2n) is 8.52. The minimum atomic E-state index is 0.354. The summed E-state index contributed by atoms with van der Waals surface area (Å²) in [4.78, 5) is 9.91. The average Bonchev–Trinajstić information content (AvgIpc) is 3.51. The average molecular weight is 459 g/mol. The summed E-state index contributed by atoms with van der Waals surface area (Å²) in [5.41, 5.74) is 3.89. The minimum absolute atomic E-state index is 0.354. The van der Waals surface area contributed by atoms with Gasteiger partial charge in [0.05, 0.1) is 18.0 Å². The standard InChI is InChI=1S/C25H23ClN6O/c1-17-14-31(12-11-30(17)15-18-10-13-33-16-18)25-27-22-5-3-2-4-21(22)24-29-28-23(32(24)25)19-6-8-20(26)9-7-19/h2-10,13,16-17H,11-12,14-15H2,1H3. The molecular weight excluding hydrogens is 436 g/mol. The molecule has 8 heteroatoms. The molecular formula is C25H23ClN6O. The van der Waals surface area contributed by atoms with Gasteiger partial charge in [-0.15, -0.1) is 10.2 Å². The highest BCUT2D eigenvalue weighted by molar-refractivity contribution is 6.30. The third kappa shape index (κ3) is 3.63. The normalized spacial score (nSPS) is 17.3. The van der Waals surface area contributed by atoms with E-state index in [1.165, 1.54) is 5.56 Å². The van der Waals surface area contributed by atoms with Gasteiger partial charge in [-0.1, -0.05) is 23.7 Å². The molecule has 0 saturated carbocycles. The lowest BCUT2D eigenvalue weighted by Crippen LogP contribution is -2.52. The number of piperazine rings is 1. The fraction of sp³-hybridized carbons (Fsp3) is 0.240. The maximum Gasteiger partial charge on any atom is 0.213 e. The summed E-state index contributed by atoms with van der Waals surface area (Å²) < 4.78 is 7.34. The summed E-state index contributed by atoms with van der Waals surface area (Å²) in [7, 11) is 0. The van der Waals surface area contributed by atoms with Gasteiger partial charge in [0.2, 0.25) is 5.95 Å². The highest BCUT2D eigenvalue weighted by atomic mass is 35.5. The zero-order valence-corrected chi connectivity index (χ0v) is 19.0. The van der Waals surface area contributed by atoms with E-state index >= 15 is 0 Å². The Labute approximate surface area is 196 Å². The molecule has 0 amide bonds. The minimum Gasteiger partial charge on any atom is -0.472 e. The van der Waals surface area contributed by atoms with Gasteiger partial charge in [0.1, 0.15) is 0 Å². The Hall–Kier alpha value is -3.42. The second kappa shape index (κ2) is 8.17. The predicted octanol–water partition coefficient (Wildman–Crippen LogP) is 4.90. The van der Waals surface area contributed by atoms with Crippen molar-refractivity contribution in [1.82, 2.24) is 24.5 Å². The van der Waals surface area contributed by atoms with Crippen LogP contribution in [0, 0.1) is 0 Å². The lowest BCUT2D eigenvalue weighted by atomic mass is 10.1. The molecule has 4 heterocycles. The van der Waals surface area contributed by atoms with Gasteiger partial charge in [-0.3, -0.25) is 4.90 Å². The molecule has 0 bridgehead atoms. The van der Waals surface area contributed by atoms with Crippen LogP contribution in [0.2, 0.25) is 5.02 Å². The van der Waals surface area contributed by atoms with Crippen LogP contribution in [0.1, 0.15) is 12.5 Å². The number of hydrogen-bond acceptors (Lipinski definition) is 6. The second-order valence-corrected chi connectivity index (χ2v) is 8.95. The Bertz CT molecular complexity index is 1410. The van der Waals surface area contributed by atoms with Crippen LogP contribution in [0.25, 0.3) is 27.9 Å². The van der Waals surface area contributed by atoms with Crippen molar-refractivity contribution in [3.8, 4) is 11.4 Å². The van der Waals surface area contributed by atoms with Gasteiger partial charge in [0.15, 0.2) is 11.5 Å². The number of hydrogen-bond donors (Lipinski definition) is 0. The SMILES string of the molecule is CC1CN(c2nc3ccccc3c3nnc(-c4ccc(Cl)cc4)n23)CCN1Cc1ccoc1. The monoisotopic (exact) mass is 458 g/mol. The van der Waals surface area contributed by atoms with Gasteiger partial charge >= 0.3 is 0 Å². The Kier molecular flexibility index (Phi) is 5.00. The number of halogens is 1. The molecule has 6 rings (SSSR count). The zero-order chi connectivity index (χ0) is 22.4. The Balaban J connectivity index is 1.43. The number of anilines is 1. The largest absolute Gasteiger partial charge is 0.472 e. The topological polar surface area (TPSA) is 62.7 Å². The first-order valence-electron chi connectivity index (χ1n) is 11.1. The van der Waals surface area contributed by atoms with E-state index in [1.54, 1.807) is 6.26 Å². The molecule has 1 aliphatic heterocycles. The third-order valence-corrected chi connectivity index (χ3v) is 6.60. The maximum atomic E-state index is 6.13. The van der Waals surface area contributed by atoms with Crippen molar-refractivity contribution in [2.75, 3.05) is 24.5 Å². The first-order chi connectivity index (χ1) is 16.2. The fourth-order valence-electron chi connectivity index (χ4n) is 4.59. The molecule has 1 aliphatic rings. The van der Waals surface area contributed by atoms with Gasteiger partial charge in [-0.2, -0.15) is 0 Å². The van der Waals surface area contributed by atoms with Crippen LogP contribution in [0.4, 0.5) is 5.95 Å². The van der Waals surface area contributed by atoms with Crippen molar-refractivity contribution in [2.45, 2.75) is 19.5 Å². The van der Waals surface area contributed by atoms with Crippen molar-refractivity contribution in [2.24, 2.45) is 0 Å². The van der Waals surface area contributed by atoms with Crippen LogP contribution in [0.5, 0.6) is 0 Å². The molecule has 0 N–H and O–H groups in total. The zero-order valence-electron chi connectivity index (χ0n) is 18.2. The molecule has 1 atom stereocenters. The van der Waals surface area contributed by atoms with Gasteiger partial charge in [0.25, 0.3) is 0 Å². The maximum absolute atomic E-state index is 6.13. The van der Waals surface area contributed by atoms with Crippen LogP contribution in [0.3, 0.4) is 0 Å². The predicted molar refractivity (Wildman–Crippen MR) is 130 cm³/mol. The molecule has 7 nitrogen and oxygen atoms in total. The first-order valence-corrected chi connectivity index (χ1v) is 11.4. The molecule has 33 heavy (non-hydrogen) atoms. The molecule has 1 saturated heterocycles. The number of fused-ring (bicyclic) bond motifs is 3. The Morgan fingerprint density at radius 2 is 1.88 bits per heavy atom. The van der Waals surface area contributed by atoms with E-state index in [4.69, 9.17) is 21.0 Å². The van der Waals surface area contributed by atoms with E-state index in [9.17, 15) is 0 Å². The molecule has 3 aromatic heterocycles. The van der Waals surface area contributed by atoms with Crippen molar-refractivity contribution in [3.63, 3.8) is 0 Å². The van der Waals surface area contributed by atoms with Crippen molar-refractivity contribution in [3.05, 3.63) is 77.7 Å². The lowest BCUT2D eigenvalue weighted by Gasteiger charge is -2.40. The Morgan fingerprint density at radius 1 is 1.03 bits per heavy atom. The first kappa shape index (κ1) is 20.2. The van der Waals surface area contributed by atoms with Crippen molar-refractivity contribution < 1.29 is 4.42 Å².